The first-order valence-electron chi connectivity index (χ1n) is 8.33. The van der Waals surface area contributed by atoms with Crippen LogP contribution in [0.3, 0.4) is 0 Å². The molecule has 0 saturated heterocycles. The molecule has 0 heterocycles. The van der Waals surface area contributed by atoms with Gasteiger partial charge in [0.15, 0.2) is 0 Å². The number of benzene rings is 1. The average Bonchev–Trinajstić information content (AvgIpc) is 2.48. The van der Waals surface area contributed by atoms with Crippen molar-refractivity contribution in [2.45, 2.75) is 71.3 Å². The molecule has 1 nitrogen and oxygen atoms in total. The molecule has 1 heteroatoms. The Morgan fingerprint density at radius 1 is 1.00 bits per heavy atom. The van der Waals surface area contributed by atoms with Gasteiger partial charge in [0.05, 0.1) is 0 Å². The van der Waals surface area contributed by atoms with Crippen LogP contribution in [0.15, 0.2) is 30.3 Å². The molecule has 1 aromatic rings. The first-order valence-corrected chi connectivity index (χ1v) is 8.33. The molecule has 0 saturated carbocycles. The predicted molar refractivity (Wildman–Crippen MR) is 90.2 cm³/mol. The van der Waals surface area contributed by atoms with E-state index in [-0.39, 0.29) is 5.41 Å². The fourth-order valence-electron chi connectivity index (χ4n) is 3.55. The SMILES string of the molecule is CCC(CC)(c1ccccc1)C(CCCC(C)C)NC. The number of likely N-dealkylation sites (N-methyl/N-ethyl adjacent to an activating group) is 1. The fourth-order valence-corrected chi connectivity index (χ4v) is 3.55. The van der Waals surface area contributed by atoms with Crippen molar-refractivity contribution in [1.29, 1.82) is 0 Å². The van der Waals surface area contributed by atoms with E-state index >= 15 is 0 Å². The monoisotopic (exact) mass is 275 g/mol. The average molecular weight is 275 g/mol. The summed E-state index contributed by atoms with van der Waals surface area (Å²) in [5, 5.41) is 3.62. The Hall–Kier alpha value is -0.820. The van der Waals surface area contributed by atoms with Crippen molar-refractivity contribution in [1.82, 2.24) is 5.32 Å². The minimum atomic E-state index is 0.271. The maximum Gasteiger partial charge on any atom is 0.0161 e. The van der Waals surface area contributed by atoms with Crippen molar-refractivity contribution >= 4 is 0 Å². The van der Waals surface area contributed by atoms with Crippen LogP contribution >= 0.6 is 0 Å². The number of hydrogen-bond donors (Lipinski definition) is 1. The molecule has 0 radical (unpaired) electrons. The largest absolute Gasteiger partial charge is 0.316 e. The van der Waals surface area contributed by atoms with E-state index in [1.165, 1.54) is 37.7 Å². The third kappa shape index (κ3) is 4.09. The summed E-state index contributed by atoms with van der Waals surface area (Å²) in [7, 11) is 2.13. The fraction of sp³-hybridized carbons (Fsp3) is 0.684. The van der Waals surface area contributed by atoms with Gasteiger partial charge >= 0.3 is 0 Å². The third-order valence-corrected chi connectivity index (χ3v) is 4.90. The zero-order valence-electron chi connectivity index (χ0n) is 14.1. The topological polar surface area (TPSA) is 12.0 Å². The normalized spacial score (nSPS) is 13.7. The lowest BCUT2D eigenvalue weighted by Gasteiger charge is -2.40. The Bertz CT molecular complexity index is 351. The van der Waals surface area contributed by atoms with Gasteiger partial charge in [0.2, 0.25) is 0 Å². The molecule has 1 unspecified atom stereocenters. The Balaban J connectivity index is 2.91. The van der Waals surface area contributed by atoms with Crippen molar-refractivity contribution in [2.75, 3.05) is 7.05 Å². The molecule has 1 rings (SSSR count). The van der Waals surface area contributed by atoms with Crippen molar-refractivity contribution in [3.63, 3.8) is 0 Å². The van der Waals surface area contributed by atoms with E-state index in [4.69, 9.17) is 0 Å². The molecule has 0 bridgehead atoms. The minimum Gasteiger partial charge on any atom is -0.316 e. The molecular weight excluding hydrogens is 242 g/mol. The van der Waals surface area contributed by atoms with E-state index in [9.17, 15) is 0 Å². The summed E-state index contributed by atoms with van der Waals surface area (Å²) in [6, 6.07) is 11.7. The standard InChI is InChI=1S/C19H33N/c1-6-19(7-2,17-13-9-8-10-14-17)18(20-5)15-11-12-16(3)4/h8-10,13-14,16,18,20H,6-7,11-12,15H2,1-5H3. The van der Waals surface area contributed by atoms with Crippen LogP contribution in [0.25, 0.3) is 0 Å². The Kier molecular flexibility index (Phi) is 7.29. The van der Waals surface area contributed by atoms with Crippen molar-refractivity contribution in [2.24, 2.45) is 5.92 Å². The van der Waals surface area contributed by atoms with Gasteiger partial charge in [-0.2, -0.15) is 0 Å². The van der Waals surface area contributed by atoms with Crippen LogP contribution in [-0.4, -0.2) is 13.1 Å². The van der Waals surface area contributed by atoms with Crippen molar-refractivity contribution in [3.8, 4) is 0 Å². The maximum atomic E-state index is 3.62. The number of hydrogen-bond acceptors (Lipinski definition) is 1. The highest BCUT2D eigenvalue weighted by molar-refractivity contribution is 5.27. The van der Waals surface area contributed by atoms with Crippen LogP contribution < -0.4 is 5.32 Å². The molecule has 0 aliphatic rings. The number of nitrogens with one attached hydrogen (secondary N) is 1. The van der Waals surface area contributed by atoms with Crippen LogP contribution in [0.4, 0.5) is 0 Å². The lowest BCUT2D eigenvalue weighted by atomic mass is 9.68. The highest BCUT2D eigenvalue weighted by Crippen LogP contribution is 2.37. The van der Waals surface area contributed by atoms with Gasteiger partial charge in [0, 0.05) is 11.5 Å². The molecular formula is C19H33N. The highest BCUT2D eigenvalue weighted by Gasteiger charge is 2.35. The number of rotatable bonds is 9. The van der Waals surface area contributed by atoms with Gasteiger partial charge in [-0.1, -0.05) is 70.9 Å². The Morgan fingerprint density at radius 2 is 1.60 bits per heavy atom. The van der Waals surface area contributed by atoms with Crippen LogP contribution in [0, 0.1) is 5.92 Å². The van der Waals surface area contributed by atoms with Gasteiger partial charge in [-0.3, -0.25) is 0 Å². The van der Waals surface area contributed by atoms with E-state index in [1.54, 1.807) is 0 Å². The first-order chi connectivity index (χ1) is 9.60. The molecule has 1 N–H and O–H groups in total. The summed E-state index contributed by atoms with van der Waals surface area (Å²) in [5.41, 5.74) is 1.77. The van der Waals surface area contributed by atoms with E-state index in [0.717, 1.165) is 5.92 Å². The Morgan fingerprint density at radius 3 is 2.05 bits per heavy atom. The lowest BCUT2D eigenvalue weighted by Crippen LogP contribution is -2.46. The zero-order chi connectivity index (χ0) is 15.0. The molecule has 0 fully saturated rings. The smallest absolute Gasteiger partial charge is 0.0161 e. The molecule has 114 valence electrons. The zero-order valence-corrected chi connectivity index (χ0v) is 14.1. The van der Waals surface area contributed by atoms with E-state index < -0.39 is 0 Å². The van der Waals surface area contributed by atoms with Gasteiger partial charge in [-0.15, -0.1) is 0 Å². The van der Waals surface area contributed by atoms with Crippen LogP contribution in [0.2, 0.25) is 0 Å². The van der Waals surface area contributed by atoms with Gasteiger partial charge in [0.25, 0.3) is 0 Å². The van der Waals surface area contributed by atoms with Gasteiger partial charge in [0.1, 0.15) is 0 Å². The second-order valence-electron chi connectivity index (χ2n) is 6.40. The van der Waals surface area contributed by atoms with Gasteiger partial charge < -0.3 is 5.32 Å². The Labute approximate surface area is 126 Å². The van der Waals surface area contributed by atoms with Crippen LogP contribution in [-0.2, 0) is 5.41 Å². The first kappa shape index (κ1) is 17.2. The molecule has 0 amide bonds. The highest BCUT2D eigenvalue weighted by atomic mass is 14.9. The van der Waals surface area contributed by atoms with Crippen molar-refractivity contribution in [3.05, 3.63) is 35.9 Å². The summed E-state index contributed by atoms with van der Waals surface area (Å²) in [6.07, 6.45) is 6.31. The predicted octanol–water partition coefficient (Wildman–Crippen LogP) is 5.16. The summed E-state index contributed by atoms with van der Waals surface area (Å²) in [5.74, 6) is 0.807. The molecule has 1 atom stereocenters. The van der Waals surface area contributed by atoms with E-state index in [2.05, 4.69) is 70.4 Å². The van der Waals surface area contributed by atoms with Crippen molar-refractivity contribution < 1.29 is 0 Å². The summed E-state index contributed by atoms with van der Waals surface area (Å²) in [4.78, 5) is 0. The van der Waals surface area contributed by atoms with Crippen LogP contribution in [0.5, 0.6) is 0 Å². The third-order valence-electron chi connectivity index (χ3n) is 4.90. The quantitative estimate of drug-likeness (QED) is 0.656. The molecule has 0 aliphatic heterocycles. The minimum absolute atomic E-state index is 0.271. The molecule has 0 aliphatic carbocycles. The van der Waals surface area contributed by atoms with Gasteiger partial charge in [-0.05, 0) is 37.8 Å². The lowest BCUT2D eigenvalue weighted by molar-refractivity contribution is 0.261. The summed E-state index contributed by atoms with van der Waals surface area (Å²) in [6.45, 7) is 9.31. The second-order valence-corrected chi connectivity index (χ2v) is 6.40. The molecule has 20 heavy (non-hydrogen) atoms. The second kappa shape index (κ2) is 8.46. The summed E-state index contributed by atoms with van der Waals surface area (Å²) >= 11 is 0. The molecule has 0 spiro atoms. The molecule has 1 aromatic carbocycles. The molecule has 0 aromatic heterocycles. The van der Waals surface area contributed by atoms with E-state index in [0.29, 0.717) is 6.04 Å². The maximum absolute atomic E-state index is 3.62. The van der Waals surface area contributed by atoms with E-state index in [1.807, 2.05) is 0 Å². The summed E-state index contributed by atoms with van der Waals surface area (Å²) < 4.78 is 0. The van der Waals surface area contributed by atoms with Gasteiger partial charge in [-0.25, -0.2) is 0 Å². The van der Waals surface area contributed by atoms with Crippen LogP contribution in [0.1, 0.15) is 65.4 Å².